The van der Waals surface area contributed by atoms with E-state index in [1.54, 1.807) is 7.11 Å². The molecular formula is C9H21NO3. The van der Waals surface area contributed by atoms with Gasteiger partial charge in [0.1, 0.15) is 0 Å². The molecule has 0 aromatic carbocycles. The Morgan fingerprint density at radius 1 is 1.15 bits per heavy atom. The highest BCUT2D eigenvalue weighted by atomic mass is 16.5. The molecule has 0 spiro atoms. The van der Waals surface area contributed by atoms with Crippen molar-refractivity contribution in [3.8, 4) is 0 Å². The van der Waals surface area contributed by atoms with Gasteiger partial charge in [-0.1, -0.05) is 0 Å². The van der Waals surface area contributed by atoms with E-state index in [0.29, 0.717) is 13.2 Å². The summed E-state index contributed by atoms with van der Waals surface area (Å²) in [5.41, 5.74) is 0. The fraction of sp³-hybridized carbons (Fsp3) is 1.00. The van der Waals surface area contributed by atoms with Gasteiger partial charge in [-0.25, -0.2) is 0 Å². The van der Waals surface area contributed by atoms with Crippen LogP contribution in [0, 0.1) is 0 Å². The number of aliphatic hydroxyl groups is 1. The molecule has 0 saturated carbocycles. The summed E-state index contributed by atoms with van der Waals surface area (Å²) in [6.07, 6.45) is 0. The molecule has 4 nitrogen and oxygen atoms in total. The maximum atomic E-state index is 8.77. The zero-order valence-electron chi connectivity index (χ0n) is 8.66. The fourth-order valence-corrected chi connectivity index (χ4v) is 1.04. The Bertz CT molecular complexity index is 101. The zero-order chi connectivity index (χ0) is 9.94. The average Bonchev–Trinajstić information content (AvgIpc) is 2.14. The Labute approximate surface area is 80.4 Å². The minimum Gasteiger partial charge on any atom is -0.395 e. The third-order valence-corrected chi connectivity index (χ3v) is 1.78. The highest BCUT2D eigenvalue weighted by Gasteiger charge is 2.02. The van der Waals surface area contributed by atoms with Crippen LogP contribution >= 0.6 is 0 Å². The summed E-state index contributed by atoms with van der Waals surface area (Å²) in [5, 5.41) is 8.77. The Balaban J connectivity index is 3.41. The lowest BCUT2D eigenvalue weighted by atomic mass is 10.4. The van der Waals surface area contributed by atoms with Gasteiger partial charge in [-0.2, -0.15) is 0 Å². The van der Waals surface area contributed by atoms with E-state index in [-0.39, 0.29) is 6.61 Å². The van der Waals surface area contributed by atoms with Crippen molar-refractivity contribution in [1.82, 2.24) is 4.90 Å². The van der Waals surface area contributed by atoms with Crippen molar-refractivity contribution < 1.29 is 14.6 Å². The van der Waals surface area contributed by atoms with Gasteiger partial charge in [0.15, 0.2) is 0 Å². The summed E-state index contributed by atoms with van der Waals surface area (Å²) in [6, 6.07) is 0. The molecule has 0 aromatic rings. The second-order valence-corrected chi connectivity index (χ2v) is 2.75. The SMILES string of the molecule is CCOCCN(CCO)CCOC. The van der Waals surface area contributed by atoms with Gasteiger partial charge in [-0.15, -0.1) is 0 Å². The van der Waals surface area contributed by atoms with Gasteiger partial charge in [0.25, 0.3) is 0 Å². The molecule has 80 valence electrons. The quantitative estimate of drug-likeness (QED) is 0.519. The van der Waals surface area contributed by atoms with Crippen LogP contribution in [0.2, 0.25) is 0 Å². The molecule has 0 unspecified atom stereocenters. The summed E-state index contributed by atoms with van der Waals surface area (Å²) in [6.45, 7) is 6.74. The molecule has 0 fully saturated rings. The van der Waals surface area contributed by atoms with Crippen LogP contribution in [0.15, 0.2) is 0 Å². The molecule has 0 bridgehead atoms. The standard InChI is InChI=1S/C9H21NO3/c1-3-13-9-6-10(4-7-11)5-8-12-2/h11H,3-9H2,1-2H3. The van der Waals surface area contributed by atoms with E-state index >= 15 is 0 Å². The zero-order valence-corrected chi connectivity index (χ0v) is 8.66. The van der Waals surface area contributed by atoms with E-state index in [9.17, 15) is 0 Å². The van der Waals surface area contributed by atoms with Crippen molar-refractivity contribution in [1.29, 1.82) is 0 Å². The van der Waals surface area contributed by atoms with Crippen LogP contribution in [0.3, 0.4) is 0 Å². The lowest BCUT2D eigenvalue weighted by Crippen LogP contribution is -2.33. The van der Waals surface area contributed by atoms with Crippen LogP contribution in [-0.2, 0) is 9.47 Å². The van der Waals surface area contributed by atoms with Crippen molar-refractivity contribution >= 4 is 0 Å². The molecule has 0 saturated heterocycles. The number of aliphatic hydroxyl groups excluding tert-OH is 1. The minimum atomic E-state index is 0.190. The second kappa shape index (κ2) is 9.92. The van der Waals surface area contributed by atoms with Crippen molar-refractivity contribution in [3.63, 3.8) is 0 Å². The van der Waals surface area contributed by atoms with E-state index in [1.807, 2.05) is 6.92 Å². The highest BCUT2D eigenvalue weighted by Crippen LogP contribution is 1.88. The minimum absolute atomic E-state index is 0.190. The number of hydrogen-bond acceptors (Lipinski definition) is 4. The molecule has 0 aliphatic carbocycles. The predicted octanol–water partition coefficient (Wildman–Crippen LogP) is -0.0364. The van der Waals surface area contributed by atoms with E-state index < -0.39 is 0 Å². The molecule has 0 aliphatic heterocycles. The van der Waals surface area contributed by atoms with E-state index in [2.05, 4.69) is 4.90 Å². The van der Waals surface area contributed by atoms with Crippen molar-refractivity contribution in [2.75, 3.05) is 53.2 Å². The van der Waals surface area contributed by atoms with Crippen molar-refractivity contribution in [3.05, 3.63) is 0 Å². The third kappa shape index (κ3) is 8.18. The lowest BCUT2D eigenvalue weighted by molar-refractivity contribution is 0.0851. The number of ether oxygens (including phenoxy) is 2. The molecule has 0 aromatic heterocycles. The van der Waals surface area contributed by atoms with Gasteiger partial charge in [-0.05, 0) is 6.92 Å². The summed E-state index contributed by atoms with van der Waals surface area (Å²) >= 11 is 0. The monoisotopic (exact) mass is 191 g/mol. The second-order valence-electron chi connectivity index (χ2n) is 2.75. The van der Waals surface area contributed by atoms with Gasteiger partial charge in [0, 0.05) is 33.4 Å². The molecule has 4 heteroatoms. The first-order valence-electron chi connectivity index (χ1n) is 4.75. The highest BCUT2D eigenvalue weighted by molar-refractivity contribution is 4.55. The molecule has 13 heavy (non-hydrogen) atoms. The number of rotatable bonds is 9. The molecule has 0 heterocycles. The first-order chi connectivity index (χ1) is 6.35. The van der Waals surface area contributed by atoms with Crippen LogP contribution in [0.1, 0.15) is 6.92 Å². The first-order valence-corrected chi connectivity index (χ1v) is 4.75. The van der Waals surface area contributed by atoms with Crippen LogP contribution < -0.4 is 0 Å². The molecule has 0 rings (SSSR count). The van der Waals surface area contributed by atoms with Crippen LogP contribution in [-0.4, -0.2) is 63.2 Å². The van der Waals surface area contributed by atoms with E-state index in [0.717, 1.165) is 26.3 Å². The van der Waals surface area contributed by atoms with Crippen LogP contribution in [0.25, 0.3) is 0 Å². The smallest absolute Gasteiger partial charge is 0.0593 e. The third-order valence-electron chi connectivity index (χ3n) is 1.78. The predicted molar refractivity (Wildman–Crippen MR) is 51.9 cm³/mol. The van der Waals surface area contributed by atoms with Gasteiger partial charge < -0.3 is 14.6 Å². The van der Waals surface area contributed by atoms with Crippen LogP contribution in [0.4, 0.5) is 0 Å². The number of methoxy groups -OCH3 is 1. The first kappa shape index (κ1) is 12.8. The summed E-state index contributed by atoms with van der Waals surface area (Å²) in [4.78, 5) is 2.12. The van der Waals surface area contributed by atoms with Gasteiger partial charge >= 0.3 is 0 Å². The molecular weight excluding hydrogens is 170 g/mol. The van der Waals surface area contributed by atoms with E-state index in [4.69, 9.17) is 14.6 Å². The van der Waals surface area contributed by atoms with Crippen molar-refractivity contribution in [2.45, 2.75) is 6.92 Å². The normalized spacial score (nSPS) is 11.1. The number of hydrogen-bond donors (Lipinski definition) is 1. The Hall–Kier alpha value is -0.160. The molecule has 0 aliphatic rings. The summed E-state index contributed by atoms with van der Waals surface area (Å²) in [7, 11) is 1.68. The number of nitrogens with zero attached hydrogens (tertiary/aromatic N) is 1. The van der Waals surface area contributed by atoms with Gasteiger partial charge in [0.2, 0.25) is 0 Å². The van der Waals surface area contributed by atoms with Crippen LogP contribution in [0.5, 0.6) is 0 Å². The van der Waals surface area contributed by atoms with Gasteiger partial charge in [0.05, 0.1) is 19.8 Å². The molecule has 1 N–H and O–H groups in total. The molecule has 0 atom stereocenters. The van der Waals surface area contributed by atoms with Gasteiger partial charge in [-0.3, -0.25) is 4.90 Å². The topological polar surface area (TPSA) is 41.9 Å². The van der Waals surface area contributed by atoms with E-state index in [1.165, 1.54) is 0 Å². The Morgan fingerprint density at radius 3 is 2.38 bits per heavy atom. The fourth-order valence-electron chi connectivity index (χ4n) is 1.04. The van der Waals surface area contributed by atoms with Crippen molar-refractivity contribution in [2.24, 2.45) is 0 Å². The summed E-state index contributed by atoms with van der Waals surface area (Å²) in [5.74, 6) is 0. The Kier molecular flexibility index (Phi) is 9.80. The maximum absolute atomic E-state index is 8.77. The molecule has 0 radical (unpaired) electrons. The Morgan fingerprint density at radius 2 is 1.85 bits per heavy atom. The largest absolute Gasteiger partial charge is 0.395 e. The average molecular weight is 191 g/mol. The summed E-state index contributed by atoms with van der Waals surface area (Å²) < 4.78 is 10.2. The lowest BCUT2D eigenvalue weighted by Gasteiger charge is -2.20. The maximum Gasteiger partial charge on any atom is 0.0593 e. The molecule has 0 amide bonds.